The van der Waals surface area contributed by atoms with Gasteiger partial charge in [-0.2, -0.15) is 13.2 Å². The van der Waals surface area contributed by atoms with Crippen molar-refractivity contribution in [2.45, 2.75) is 56.9 Å². The van der Waals surface area contributed by atoms with E-state index in [9.17, 15) is 13.2 Å². The van der Waals surface area contributed by atoms with Crippen LogP contribution in [0.3, 0.4) is 0 Å². The second kappa shape index (κ2) is 5.52. The average molecular weight is 298 g/mol. The third kappa shape index (κ3) is 2.76. The summed E-state index contributed by atoms with van der Waals surface area (Å²) in [6, 6.07) is 6.92. The van der Waals surface area contributed by atoms with E-state index in [-0.39, 0.29) is 12.1 Å². The van der Waals surface area contributed by atoms with Gasteiger partial charge in [-0.05, 0) is 44.4 Å². The zero-order chi connectivity index (χ0) is 15.0. The smallest absolute Gasteiger partial charge is 0.365 e. The van der Waals surface area contributed by atoms with Crippen LogP contribution in [0.25, 0.3) is 0 Å². The lowest BCUT2D eigenvalue weighted by molar-refractivity contribution is -0.137. The van der Waals surface area contributed by atoms with Gasteiger partial charge < -0.3 is 10.2 Å². The second-order valence-electron chi connectivity index (χ2n) is 6.03. The number of benzene rings is 1. The SMILES string of the molecule is CCNC1CC2CCC(C1)N2c1ccccc1C(F)(F)F. The molecule has 2 unspecified atom stereocenters. The molecule has 0 amide bonds. The molecule has 1 N–H and O–H groups in total. The highest BCUT2D eigenvalue weighted by molar-refractivity contribution is 5.58. The van der Waals surface area contributed by atoms with Crippen LogP contribution in [-0.2, 0) is 6.18 Å². The Morgan fingerprint density at radius 2 is 1.76 bits per heavy atom. The summed E-state index contributed by atoms with van der Waals surface area (Å²) >= 11 is 0. The predicted octanol–water partition coefficient (Wildman–Crippen LogP) is 3.81. The molecule has 3 rings (SSSR count). The molecule has 0 radical (unpaired) electrons. The van der Waals surface area contributed by atoms with Gasteiger partial charge in [-0.3, -0.25) is 0 Å². The zero-order valence-electron chi connectivity index (χ0n) is 12.2. The molecule has 5 heteroatoms. The zero-order valence-corrected chi connectivity index (χ0v) is 12.2. The molecule has 1 aromatic rings. The Balaban J connectivity index is 1.89. The molecule has 1 aromatic carbocycles. The molecule has 2 atom stereocenters. The van der Waals surface area contributed by atoms with Gasteiger partial charge >= 0.3 is 6.18 Å². The highest BCUT2D eigenvalue weighted by atomic mass is 19.4. The molecule has 0 saturated carbocycles. The van der Waals surface area contributed by atoms with Crippen molar-refractivity contribution >= 4 is 5.69 Å². The molecule has 0 spiro atoms. The minimum atomic E-state index is -4.28. The van der Waals surface area contributed by atoms with Crippen LogP contribution in [0.2, 0.25) is 0 Å². The van der Waals surface area contributed by atoms with Gasteiger partial charge in [-0.15, -0.1) is 0 Å². The van der Waals surface area contributed by atoms with E-state index in [1.165, 1.54) is 12.1 Å². The summed E-state index contributed by atoms with van der Waals surface area (Å²) < 4.78 is 39.7. The van der Waals surface area contributed by atoms with Crippen molar-refractivity contribution in [3.63, 3.8) is 0 Å². The van der Waals surface area contributed by atoms with Gasteiger partial charge in [0.25, 0.3) is 0 Å². The van der Waals surface area contributed by atoms with E-state index in [1.54, 1.807) is 12.1 Å². The number of nitrogens with one attached hydrogen (secondary N) is 1. The molecule has 2 fully saturated rings. The number of para-hydroxylation sites is 1. The molecule has 21 heavy (non-hydrogen) atoms. The van der Waals surface area contributed by atoms with Crippen LogP contribution >= 0.6 is 0 Å². The van der Waals surface area contributed by atoms with Crippen molar-refractivity contribution in [3.8, 4) is 0 Å². The van der Waals surface area contributed by atoms with Gasteiger partial charge in [-0.25, -0.2) is 0 Å². The first-order valence-corrected chi connectivity index (χ1v) is 7.68. The van der Waals surface area contributed by atoms with Crippen molar-refractivity contribution in [2.75, 3.05) is 11.4 Å². The third-order valence-corrected chi connectivity index (χ3v) is 4.71. The van der Waals surface area contributed by atoms with E-state index in [2.05, 4.69) is 12.2 Å². The normalized spacial score (nSPS) is 29.0. The number of anilines is 1. The van der Waals surface area contributed by atoms with Crippen molar-refractivity contribution in [1.29, 1.82) is 0 Å². The lowest BCUT2D eigenvalue weighted by Crippen LogP contribution is -2.49. The molecule has 2 aliphatic rings. The predicted molar refractivity (Wildman–Crippen MR) is 77.4 cm³/mol. The van der Waals surface area contributed by atoms with Crippen molar-refractivity contribution in [2.24, 2.45) is 0 Å². The Kier molecular flexibility index (Phi) is 3.86. The van der Waals surface area contributed by atoms with Crippen LogP contribution in [0, 0.1) is 0 Å². The Morgan fingerprint density at radius 3 is 2.33 bits per heavy atom. The van der Waals surface area contributed by atoms with Gasteiger partial charge in [0.15, 0.2) is 0 Å². The first-order chi connectivity index (χ1) is 10.0. The summed E-state index contributed by atoms with van der Waals surface area (Å²) in [7, 11) is 0. The maximum Gasteiger partial charge on any atom is 0.418 e. The fourth-order valence-corrected chi connectivity index (χ4v) is 3.96. The Hall–Kier alpha value is -1.23. The largest absolute Gasteiger partial charge is 0.418 e. The molecule has 2 saturated heterocycles. The Labute approximate surface area is 123 Å². The highest BCUT2D eigenvalue weighted by Crippen LogP contribution is 2.44. The van der Waals surface area contributed by atoms with E-state index >= 15 is 0 Å². The maximum atomic E-state index is 13.2. The van der Waals surface area contributed by atoms with Crippen LogP contribution in [0.4, 0.5) is 18.9 Å². The molecule has 2 heterocycles. The van der Waals surface area contributed by atoms with Crippen LogP contribution in [0.1, 0.15) is 38.2 Å². The highest BCUT2D eigenvalue weighted by Gasteiger charge is 2.44. The topological polar surface area (TPSA) is 15.3 Å². The standard InChI is InChI=1S/C16H21F3N2/c1-2-20-11-9-12-7-8-13(10-11)21(12)15-6-4-3-5-14(15)16(17,18)19/h3-6,11-13,20H,2,7-10H2,1H3. The van der Waals surface area contributed by atoms with Crippen LogP contribution in [0.5, 0.6) is 0 Å². The summed E-state index contributed by atoms with van der Waals surface area (Å²) in [5.74, 6) is 0. The van der Waals surface area contributed by atoms with E-state index < -0.39 is 11.7 Å². The first-order valence-electron chi connectivity index (χ1n) is 7.68. The molecule has 2 aliphatic heterocycles. The minimum absolute atomic E-state index is 0.233. The fraction of sp³-hybridized carbons (Fsp3) is 0.625. The van der Waals surface area contributed by atoms with E-state index in [4.69, 9.17) is 0 Å². The number of fused-ring (bicyclic) bond motifs is 2. The summed E-state index contributed by atoms with van der Waals surface area (Å²) in [6.07, 6.45) is -0.404. The maximum absolute atomic E-state index is 13.2. The molecule has 0 aromatic heterocycles. The molecular formula is C16H21F3N2. The number of hydrogen-bond donors (Lipinski definition) is 1. The molecule has 116 valence electrons. The van der Waals surface area contributed by atoms with Crippen LogP contribution in [0.15, 0.2) is 24.3 Å². The fourth-order valence-electron chi connectivity index (χ4n) is 3.96. The summed E-state index contributed by atoms with van der Waals surface area (Å²) in [5, 5.41) is 3.45. The number of rotatable bonds is 3. The number of halogens is 3. The molecular weight excluding hydrogens is 277 g/mol. The lowest BCUT2D eigenvalue weighted by Gasteiger charge is -2.41. The molecule has 2 nitrogen and oxygen atoms in total. The van der Waals surface area contributed by atoms with Gasteiger partial charge in [-0.1, -0.05) is 19.1 Å². The molecule has 0 aliphatic carbocycles. The number of alkyl halides is 3. The van der Waals surface area contributed by atoms with Crippen LogP contribution < -0.4 is 10.2 Å². The minimum Gasteiger partial charge on any atom is -0.365 e. The average Bonchev–Trinajstić information content (AvgIpc) is 2.69. The third-order valence-electron chi connectivity index (χ3n) is 4.71. The molecule has 2 bridgehead atoms. The second-order valence-corrected chi connectivity index (χ2v) is 6.03. The summed E-state index contributed by atoms with van der Waals surface area (Å²) in [4.78, 5) is 2.04. The Bertz CT molecular complexity index is 487. The van der Waals surface area contributed by atoms with E-state index in [0.717, 1.165) is 32.2 Å². The quantitative estimate of drug-likeness (QED) is 0.912. The van der Waals surface area contributed by atoms with Crippen molar-refractivity contribution in [1.82, 2.24) is 5.32 Å². The van der Waals surface area contributed by atoms with E-state index in [1.807, 2.05) is 4.90 Å². The van der Waals surface area contributed by atoms with Crippen LogP contribution in [-0.4, -0.2) is 24.7 Å². The summed E-state index contributed by atoms with van der Waals surface area (Å²) in [6.45, 7) is 3.00. The monoisotopic (exact) mass is 298 g/mol. The van der Waals surface area contributed by atoms with Gasteiger partial charge in [0.2, 0.25) is 0 Å². The Morgan fingerprint density at radius 1 is 1.14 bits per heavy atom. The first kappa shape index (κ1) is 14.7. The lowest BCUT2D eigenvalue weighted by atomic mass is 9.95. The van der Waals surface area contributed by atoms with Gasteiger partial charge in [0.05, 0.1) is 5.56 Å². The van der Waals surface area contributed by atoms with Crippen molar-refractivity contribution in [3.05, 3.63) is 29.8 Å². The van der Waals surface area contributed by atoms with Crippen molar-refractivity contribution < 1.29 is 13.2 Å². The number of hydrogen-bond acceptors (Lipinski definition) is 2. The van der Waals surface area contributed by atoms with E-state index in [0.29, 0.717) is 11.7 Å². The van der Waals surface area contributed by atoms with Gasteiger partial charge in [0, 0.05) is 23.8 Å². The summed E-state index contributed by atoms with van der Waals surface area (Å²) in [5.41, 5.74) is -0.128. The van der Waals surface area contributed by atoms with Gasteiger partial charge in [0.1, 0.15) is 0 Å². The number of nitrogens with zero attached hydrogens (tertiary/aromatic N) is 1. The number of piperidine rings is 1.